The Morgan fingerprint density at radius 3 is 2.75 bits per heavy atom. The molecule has 1 heterocycles. The molecule has 2 N–H and O–H groups in total. The van der Waals surface area contributed by atoms with Gasteiger partial charge in [-0.2, -0.15) is 0 Å². The van der Waals surface area contributed by atoms with E-state index in [9.17, 15) is 0 Å². The predicted molar refractivity (Wildman–Crippen MR) is 124 cm³/mol. The molecule has 0 spiro atoms. The van der Waals surface area contributed by atoms with E-state index in [1.807, 2.05) is 12.1 Å². The molecule has 0 saturated carbocycles. The molecular weight excluding hydrogens is 469 g/mol. The molecule has 1 saturated heterocycles. The first kappa shape index (κ1) is 22.7. The van der Waals surface area contributed by atoms with Crippen LogP contribution in [-0.2, 0) is 16.0 Å². The van der Waals surface area contributed by atoms with Gasteiger partial charge in [-0.05, 0) is 47.4 Å². The summed E-state index contributed by atoms with van der Waals surface area (Å²) >= 11 is 0. The van der Waals surface area contributed by atoms with Gasteiger partial charge in [-0.3, -0.25) is 4.99 Å². The summed E-state index contributed by atoms with van der Waals surface area (Å²) in [5.74, 6) is 1.68. The Labute approximate surface area is 184 Å². The lowest BCUT2D eigenvalue weighted by molar-refractivity contribution is 0.0420. The van der Waals surface area contributed by atoms with E-state index in [0.29, 0.717) is 0 Å². The van der Waals surface area contributed by atoms with Crippen molar-refractivity contribution in [2.75, 3.05) is 40.5 Å². The summed E-state index contributed by atoms with van der Waals surface area (Å²) in [6, 6.07) is 12.5. The van der Waals surface area contributed by atoms with Crippen LogP contribution in [0.3, 0.4) is 0 Å². The van der Waals surface area contributed by atoms with Crippen molar-refractivity contribution < 1.29 is 14.2 Å². The monoisotopic (exact) mass is 499 g/mol. The Balaban J connectivity index is 0.00000280. The lowest BCUT2D eigenvalue weighted by atomic mass is 10.1. The highest BCUT2D eigenvalue weighted by atomic mass is 127. The topological polar surface area (TPSA) is 64.1 Å². The highest BCUT2D eigenvalue weighted by Crippen LogP contribution is 2.21. The SMILES string of the molecule is CN=C(NCCCOC1CCOC1)NCc1ccc2cc(OC)ccc2c1.I. The van der Waals surface area contributed by atoms with E-state index < -0.39 is 0 Å². The molecule has 0 amide bonds. The standard InChI is InChI=1S/C21H29N3O3.HI/c1-22-21(23-9-3-10-27-20-8-11-26-15-20)24-14-16-4-5-18-13-19(25-2)7-6-17(18)12-16;/h4-7,12-13,20H,3,8-11,14-15H2,1-2H3,(H2,22,23,24);1H. The summed E-state index contributed by atoms with van der Waals surface area (Å²) < 4.78 is 16.4. The van der Waals surface area contributed by atoms with Crippen molar-refractivity contribution in [2.45, 2.75) is 25.5 Å². The Hall–Kier alpha value is -1.58. The second-order valence-corrected chi connectivity index (χ2v) is 6.61. The minimum absolute atomic E-state index is 0. The number of nitrogens with zero attached hydrogens (tertiary/aromatic N) is 1. The first-order valence-corrected chi connectivity index (χ1v) is 9.49. The molecule has 1 atom stereocenters. The largest absolute Gasteiger partial charge is 0.497 e. The van der Waals surface area contributed by atoms with Crippen LogP contribution >= 0.6 is 24.0 Å². The van der Waals surface area contributed by atoms with Crippen LogP contribution in [0.15, 0.2) is 41.4 Å². The molecule has 28 heavy (non-hydrogen) atoms. The van der Waals surface area contributed by atoms with Crippen LogP contribution in [0.5, 0.6) is 5.75 Å². The van der Waals surface area contributed by atoms with Crippen LogP contribution in [0.4, 0.5) is 0 Å². The summed E-state index contributed by atoms with van der Waals surface area (Å²) in [7, 11) is 3.47. The van der Waals surface area contributed by atoms with E-state index in [0.717, 1.165) is 57.5 Å². The molecule has 2 aromatic carbocycles. The third-order valence-electron chi connectivity index (χ3n) is 4.65. The summed E-state index contributed by atoms with van der Waals surface area (Å²) in [4.78, 5) is 4.28. The maximum Gasteiger partial charge on any atom is 0.191 e. The smallest absolute Gasteiger partial charge is 0.191 e. The van der Waals surface area contributed by atoms with Crippen LogP contribution in [0, 0.1) is 0 Å². The summed E-state index contributed by atoms with van der Waals surface area (Å²) in [6.45, 7) is 3.84. The Morgan fingerprint density at radius 2 is 2.00 bits per heavy atom. The highest BCUT2D eigenvalue weighted by molar-refractivity contribution is 14.0. The molecule has 154 valence electrons. The number of rotatable bonds is 8. The second kappa shape index (κ2) is 12.1. The number of methoxy groups -OCH3 is 1. The number of guanidine groups is 1. The number of hydrogen-bond acceptors (Lipinski definition) is 4. The average molecular weight is 499 g/mol. The van der Waals surface area contributed by atoms with E-state index >= 15 is 0 Å². The lowest BCUT2D eigenvalue weighted by Gasteiger charge is -2.13. The van der Waals surface area contributed by atoms with Gasteiger partial charge in [-0.25, -0.2) is 0 Å². The third kappa shape index (κ3) is 6.79. The van der Waals surface area contributed by atoms with Crippen molar-refractivity contribution in [1.82, 2.24) is 10.6 Å². The minimum Gasteiger partial charge on any atom is -0.497 e. The summed E-state index contributed by atoms with van der Waals surface area (Å²) in [5, 5.41) is 9.06. The first-order chi connectivity index (χ1) is 13.3. The van der Waals surface area contributed by atoms with Gasteiger partial charge in [-0.15, -0.1) is 24.0 Å². The van der Waals surface area contributed by atoms with Crippen molar-refractivity contribution in [2.24, 2.45) is 4.99 Å². The fourth-order valence-corrected chi connectivity index (χ4v) is 3.09. The maximum atomic E-state index is 5.77. The minimum atomic E-state index is 0. The number of fused-ring (bicyclic) bond motifs is 1. The van der Waals surface area contributed by atoms with Crippen molar-refractivity contribution in [3.05, 3.63) is 42.0 Å². The molecule has 0 radical (unpaired) electrons. The van der Waals surface area contributed by atoms with Gasteiger partial charge in [0.25, 0.3) is 0 Å². The molecule has 1 aliphatic heterocycles. The van der Waals surface area contributed by atoms with Crippen molar-refractivity contribution in [1.29, 1.82) is 0 Å². The molecule has 7 heteroatoms. The zero-order valence-corrected chi connectivity index (χ0v) is 18.9. The van der Waals surface area contributed by atoms with Crippen LogP contribution in [0.2, 0.25) is 0 Å². The Kier molecular flexibility index (Phi) is 9.80. The average Bonchev–Trinajstić information content (AvgIpc) is 3.23. The molecular formula is C21H30IN3O3. The van der Waals surface area contributed by atoms with Gasteiger partial charge in [0.1, 0.15) is 5.75 Å². The fraction of sp³-hybridized carbons (Fsp3) is 0.476. The molecule has 3 rings (SSSR count). The van der Waals surface area contributed by atoms with Crippen LogP contribution in [0.25, 0.3) is 10.8 Å². The lowest BCUT2D eigenvalue weighted by Crippen LogP contribution is -2.37. The number of ether oxygens (including phenoxy) is 3. The third-order valence-corrected chi connectivity index (χ3v) is 4.65. The zero-order chi connectivity index (χ0) is 18.9. The quantitative estimate of drug-likeness (QED) is 0.253. The number of nitrogens with one attached hydrogen (secondary N) is 2. The van der Waals surface area contributed by atoms with Gasteiger partial charge >= 0.3 is 0 Å². The molecule has 6 nitrogen and oxygen atoms in total. The summed E-state index contributed by atoms with van der Waals surface area (Å²) in [6.07, 6.45) is 2.22. The van der Waals surface area contributed by atoms with E-state index in [4.69, 9.17) is 14.2 Å². The number of benzene rings is 2. The number of aliphatic imine (C=N–C) groups is 1. The molecule has 1 aliphatic rings. The molecule has 0 bridgehead atoms. The normalized spacial score (nSPS) is 16.6. The van der Waals surface area contributed by atoms with Gasteiger partial charge < -0.3 is 24.8 Å². The van der Waals surface area contributed by atoms with Gasteiger partial charge in [-0.1, -0.05) is 18.2 Å². The van der Waals surface area contributed by atoms with Crippen LogP contribution in [0.1, 0.15) is 18.4 Å². The molecule has 0 aromatic heterocycles. The summed E-state index contributed by atoms with van der Waals surface area (Å²) in [5.41, 5.74) is 1.21. The first-order valence-electron chi connectivity index (χ1n) is 9.49. The molecule has 1 unspecified atom stereocenters. The van der Waals surface area contributed by atoms with E-state index in [-0.39, 0.29) is 30.1 Å². The fourth-order valence-electron chi connectivity index (χ4n) is 3.09. The molecule has 0 aliphatic carbocycles. The van der Waals surface area contributed by atoms with Crippen molar-refractivity contribution in [3.8, 4) is 5.75 Å². The van der Waals surface area contributed by atoms with Gasteiger partial charge in [0.05, 0.1) is 19.8 Å². The predicted octanol–water partition coefficient (Wildman–Crippen LogP) is 3.33. The second-order valence-electron chi connectivity index (χ2n) is 6.61. The van der Waals surface area contributed by atoms with Gasteiger partial charge in [0, 0.05) is 33.4 Å². The maximum absolute atomic E-state index is 5.77. The highest BCUT2D eigenvalue weighted by Gasteiger charge is 2.15. The van der Waals surface area contributed by atoms with Gasteiger partial charge in [0.15, 0.2) is 5.96 Å². The van der Waals surface area contributed by atoms with Gasteiger partial charge in [0.2, 0.25) is 0 Å². The van der Waals surface area contributed by atoms with Crippen molar-refractivity contribution in [3.63, 3.8) is 0 Å². The van der Waals surface area contributed by atoms with E-state index in [1.165, 1.54) is 16.3 Å². The number of hydrogen-bond donors (Lipinski definition) is 2. The molecule has 2 aromatic rings. The number of halogens is 1. The van der Waals surface area contributed by atoms with E-state index in [1.54, 1.807) is 14.2 Å². The zero-order valence-electron chi connectivity index (χ0n) is 16.6. The Bertz CT molecular complexity index is 764. The Morgan fingerprint density at radius 1 is 1.18 bits per heavy atom. The molecule has 1 fully saturated rings. The van der Waals surface area contributed by atoms with E-state index in [2.05, 4.69) is 39.9 Å². The van der Waals surface area contributed by atoms with Crippen LogP contribution in [-0.4, -0.2) is 52.6 Å². The van der Waals surface area contributed by atoms with Crippen molar-refractivity contribution >= 4 is 40.7 Å². The van der Waals surface area contributed by atoms with Crippen LogP contribution < -0.4 is 15.4 Å².